The van der Waals surface area contributed by atoms with Crippen molar-refractivity contribution in [2.24, 2.45) is 0 Å². The predicted molar refractivity (Wildman–Crippen MR) is 26.4 cm³/mol. The van der Waals surface area contributed by atoms with Crippen LogP contribution in [0.3, 0.4) is 0 Å². The Morgan fingerprint density at radius 3 is 1.88 bits per heavy atom. The lowest BCUT2D eigenvalue weighted by Gasteiger charge is -1.97. The van der Waals surface area contributed by atoms with E-state index < -0.39 is 0 Å². The standard InChI is InChI=1S/C6H2N2/c7-3-5-1-6(2-5)4-8/h1H2. The molecule has 0 heterocycles. The van der Waals surface area contributed by atoms with Crippen molar-refractivity contribution in [3.05, 3.63) is 16.9 Å². The van der Waals surface area contributed by atoms with Crippen molar-refractivity contribution in [1.29, 1.82) is 10.5 Å². The van der Waals surface area contributed by atoms with Gasteiger partial charge in [-0.1, -0.05) is 5.73 Å². The molecule has 0 amide bonds. The second kappa shape index (κ2) is 1.54. The molecular weight excluding hydrogens is 100 g/mol. The number of allylic oxidation sites excluding steroid dienone is 1. The lowest BCUT2D eigenvalue weighted by atomic mass is 10.0. The molecule has 0 bridgehead atoms. The van der Waals surface area contributed by atoms with Gasteiger partial charge in [-0.3, -0.25) is 0 Å². The van der Waals surface area contributed by atoms with Crippen molar-refractivity contribution >= 4 is 0 Å². The first kappa shape index (κ1) is 4.65. The molecule has 0 aromatic carbocycles. The van der Waals surface area contributed by atoms with Crippen LogP contribution in [0.15, 0.2) is 16.9 Å². The summed E-state index contributed by atoms with van der Waals surface area (Å²) in [5, 5.41) is 16.3. The van der Waals surface area contributed by atoms with Gasteiger partial charge in [0.25, 0.3) is 0 Å². The van der Waals surface area contributed by atoms with Gasteiger partial charge in [-0.05, 0) is 0 Å². The number of rotatable bonds is 0. The third kappa shape index (κ3) is 0.500. The molecule has 1 aliphatic rings. The van der Waals surface area contributed by atoms with Gasteiger partial charge in [0.15, 0.2) is 0 Å². The highest BCUT2D eigenvalue weighted by molar-refractivity contribution is 5.42. The zero-order valence-corrected chi connectivity index (χ0v) is 4.10. The third-order valence-electron chi connectivity index (χ3n) is 0.925. The van der Waals surface area contributed by atoms with Crippen LogP contribution in [-0.2, 0) is 0 Å². The normalized spacial score (nSPS) is 14.2. The molecule has 0 saturated carbocycles. The van der Waals surface area contributed by atoms with E-state index in [9.17, 15) is 0 Å². The van der Waals surface area contributed by atoms with E-state index >= 15 is 0 Å². The van der Waals surface area contributed by atoms with Gasteiger partial charge in [0.1, 0.15) is 12.1 Å². The van der Waals surface area contributed by atoms with Gasteiger partial charge in [0.2, 0.25) is 0 Å². The SMILES string of the molecule is N#CC1=C=C(C#N)C1. The van der Waals surface area contributed by atoms with Crippen LogP contribution < -0.4 is 0 Å². The Kier molecular flexibility index (Phi) is 0.897. The average Bonchev–Trinajstić information content (AvgIpc) is 1.65. The van der Waals surface area contributed by atoms with Crippen LogP contribution in [0, 0.1) is 22.7 Å². The van der Waals surface area contributed by atoms with Crippen LogP contribution in [0.5, 0.6) is 0 Å². The molecule has 1 aliphatic carbocycles. The van der Waals surface area contributed by atoms with E-state index in [2.05, 4.69) is 5.73 Å². The highest BCUT2D eigenvalue weighted by Gasteiger charge is 2.07. The quantitative estimate of drug-likeness (QED) is 0.426. The van der Waals surface area contributed by atoms with E-state index in [1.165, 1.54) is 0 Å². The van der Waals surface area contributed by atoms with E-state index in [0.717, 1.165) is 0 Å². The third-order valence-corrected chi connectivity index (χ3v) is 0.925. The Morgan fingerprint density at radius 1 is 1.25 bits per heavy atom. The highest BCUT2D eigenvalue weighted by Crippen LogP contribution is 2.16. The summed E-state index contributed by atoms with van der Waals surface area (Å²) in [5.41, 5.74) is 3.76. The Bertz CT molecular complexity index is 229. The molecule has 2 heteroatoms. The van der Waals surface area contributed by atoms with Crippen LogP contribution >= 0.6 is 0 Å². The summed E-state index contributed by atoms with van der Waals surface area (Å²) in [7, 11) is 0. The molecule has 0 atom stereocenters. The molecule has 36 valence electrons. The first-order valence-electron chi connectivity index (χ1n) is 2.15. The maximum Gasteiger partial charge on any atom is 0.104 e. The summed E-state index contributed by atoms with van der Waals surface area (Å²) >= 11 is 0. The molecule has 0 spiro atoms. The van der Waals surface area contributed by atoms with Gasteiger partial charge < -0.3 is 0 Å². The van der Waals surface area contributed by atoms with Crippen molar-refractivity contribution in [3.63, 3.8) is 0 Å². The Balaban J connectivity index is 2.92. The number of hydrogen-bond acceptors (Lipinski definition) is 2. The molecule has 0 unspecified atom stereocenters. The van der Waals surface area contributed by atoms with Crippen LogP contribution in [0.4, 0.5) is 0 Å². The van der Waals surface area contributed by atoms with Crippen LogP contribution in [0.2, 0.25) is 0 Å². The average molecular weight is 102 g/mol. The van der Waals surface area contributed by atoms with E-state index in [-0.39, 0.29) is 0 Å². The molecule has 0 radical (unpaired) electrons. The first-order chi connectivity index (χ1) is 3.86. The molecule has 0 fully saturated rings. The second-order valence-corrected chi connectivity index (χ2v) is 1.48. The molecule has 0 aliphatic heterocycles. The van der Waals surface area contributed by atoms with Gasteiger partial charge in [0.05, 0.1) is 11.1 Å². The van der Waals surface area contributed by atoms with Gasteiger partial charge in [-0.15, -0.1) is 0 Å². The Labute approximate surface area is 47.0 Å². The summed E-state index contributed by atoms with van der Waals surface area (Å²) < 4.78 is 0. The minimum Gasteiger partial charge on any atom is -0.192 e. The fourth-order valence-electron chi connectivity index (χ4n) is 0.476. The van der Waals surface area contributed by atoms with Gasteiger partial charge in [-0.25, -0.2) is 0 Å². The molecule has 1 rings (SSSR count). The summed E-state index contributed by atoms with van der Waals surface area (Å²) in [6, 6.07) is 3.80. The minimum absolute atomic E-state index is 0.521. The second-order valence-electron chi connectivity index (χ2n) is 1.48. The molecular formula is C6H2N2. The summed E-state index contributed by atoms with van der Waals surface area (Å²) in [6.45, 7) is 0. The van der Waals surface area contributed by atoms with E-state index in [1.54, 1.807) is 0 Å². The zero-order chi connectivity index (χ0) is 5.98. The number of nitrogens with zero attached hydrogens (tertiary/aromatic N) is 2. The molecule has 0 aromatic heterocycles. The Hall–Kier alpha value is -1.50. The monoisotopic (exact) mass is 102 g/mol. The van der Waals surface area contributed by atoms with E-state index in [0.29, 0.717) is 17.6 Å². The summed E-state index contributed by atoms with van der Waals surface area (Å²) in [6.07, 6.45) is 0.521. The topological polar surface area (TPSA) is 47.6 Å². The summed E-state index contributed by atoms with van der Waals surface area (Å²) in [5.74, 6) is 0. The molecule has 2 nitrogen and oxygen atoms in total. The van der Waals surface area contributed by atoms with Gasteiger partial charge >= 0.3 is 0 Å². The Morgan fingerprint density at radius 2 is 1.62 bits per heavy atom. The van der Waals surface area contributed by atoms with Crippen molar-refractivity contribution in [2.75, 3.05) is 0 Å². The van der Waals surface area contributed by atoms with Crippen molar-refractivity contribution in [2.45, 2.75) is 6.42 Å². The van der Waals surface area contributed by atoms with Gasteiger partial charge in [0, 0.05) is 6.42 Å². The number of nitriles is 2. The highest BCUT2D eigenvalue weighted by atomic mass is 14.3. The lowest BCUT2D eigenvalue weighted by Crippen LogP contribution is -1.89. The van der Waals surface area contributed by atoms with Gasteiger partial charge in [-0.2, -0.15) is 10.5 Å². The van der Waals surface area contributed by atoms with Crippen LogP contribution in [0.1, 0.15) is 6.42 Å². The first-order valence-corrected chi connectivity index (χ1v) is 2.15. The van der Waals surface area contributed by atoms with Crippen LogP contribution in [-0.4, -0.2) is 0 Å². The van der Waals surface area contributed by atoms with Crippen LogP contribution in [0.25, 0.3) is 0 Å². The van der Waals surface area contributed by atoms with E-state index in [1.807, 2.05) is 12.1 Å². The maximum absolute atomic E-state index is 8.13. The zero-order valence-electron chi connectivity index (χ0n) is 4.10. The fourth-order valence-corrected chi connectivity index (χ4v) is 0.476. The largest absolute Gasteiger partial charge is 0.192 e. The molecule has 0 saturated heterocycles. The van der Waals surface area contributed by atoms with Crippen molar-refractivity contribution in [1.82, 2.24) is 0 Å². The lowest BCUT2D eigenvalue weighted by molar-refractivity contribution is 1.15. The number of hydrogen-bond donors (Lipinski definition) is 0. The molecule has 8 heavy (non-hydrogen) atoms. The smallest absolute Gasteiger partial charge is 0.104 e. The maximum atomic E-state index is 8.13. The summed E-state index contributed by atoms with van der Waals surface area (Å²) in [4.78, 5) is 0. The van der Waals surface area contributed by atoms with Crippen molar-refractivity contribution in [3.8, 4) is 12.1 Å². The van der Waals surface area contributed by atoms with Crippen molar-refractivity contribution < 1.29 is 0 Å². The molecule has 0 aromatic rings. The predicted octanol–water partition coefficient (Wildman–Crippen LogP) is 0.889. The van der Waals surface area contributed by atoms with E-state index in [4.69, 9.17) is 10.5 Å². The molecule has 0 N–H and O–H groups in total. The minimum atomic E-state index is 0.521. The fraction of sp³-hybridized carbons (Fsp3) is 0.167.